The average Bonchev–Trinajstić information content (AvgIpc) is 3.21. The molecule has 0 spiro atoms. The van der Waals surface area contributed by atoms with E-state index in [1.54, 1.807) is 35.5 Å². The van der Waals surface area contributed by atoms with E-state index < -0.39 is 0 Å². The molecule has 3 heterocycles. The Morgan fingerprint density at radius 3 is 2.12 bits per heavy atom. The Kier molecular flexibility index (Phi) is 10.0. The van der Waals surface area contributed by atoms with E-state index in [0.717, 1.165) is 79.8 Å². The van der Waals surface area contributed by atoms with Gasteiger partial charge in [-0.15, -0.1) is 0 Å². The lowest BCUT2D eigenvalue weighted by Crippen LogP contribution is -2.56. The van der Waals surface area contributed by atoms with Crippen LogP contribution in [0.25, 0.3) is 0 Å². The van der Waals surface area contributed by atoms with Crippen molar-refractivity contribution in [2.24, 2.45) is 11.8 Å². The molecule has 0 amide bonds. The van der Waals surface area contributed by atoms with Crippen molar-refractivity contribution < 1.29 is 23.7 Å². The summed E-state index contributed by atoms with van der Waals surface area (Å²) < 4.78 is 28.1. The Labute approximate surface area is 256 Å². The van der Waals surface area contributed by atoms with Crippen molar-refractivity contribution in [1.29, 1.82) is 0 Å². The van der Waals surface area contributed by atoms with Crippen LogP contribution in [0, 0.1) is 11.8 Å². The first-order valence-corrected chi connectivity index (χ1v) is 15.6. The summed E-state index contributed by atoms with van der Waals surface area (Å²) in [7, 11) is 8.59. The summed E-state index contributed by atoms with van der Waals surface area (Å²) in [5.74, 6) is 4.21. The van der Waals surface area contributed by atoms with Gasteiger partial charge in [-0.05, 0) is 96.3 Å². The van der Waals surface area contributed by atoms with Crippen LogP contribution in [-0.2, 0) is 24.0 Å². The lowest BCUT2D eigenvalue weighted by Gasteiger charge is -2.51. The van der Waals surface area contributed by atoms with Crippen molar-refractivity contribution in [3.05, 3.63) is 46.5 Å². The van der Waals surface area contributed by atoms with Gasteiger partial charge in [0.05, 0.1) is 35.0 Å². The molecular formula is C33H47N3O5S. The molecule has 2 aromatic rings. The summed E-state index contributed by atoms with van der Waals surface area (Å²) in [6.45, 7) is 6.68. The highest BCUT2D eigenvalue weighted by molar-refractivity contribution is 7.80. The van der Waals surface area contributed by atoms with Crippen molar-refractivity contribution in [2.75, 3.05) is 68.3 Å². The predicted molar refractivity (Wildman–Crippen MR) is 169 cm³/mol. The van der Waals surface area contributed by atoms with Crippen molar-refractivity contribution >= 4 is 17.3 Å². The van der Waals surface area contributed by atoms with Gasteiger partial charge < -0.3 is 33.9 Å². The van der Waals surface area contributed by atoms with Crippen LogP contribution >= 0.6 is 12.2 Å². The Morgan fingerprint density at radius 2 is 1.48 bits per heavy atom. The van der Waals surface area contributed by atoms with Gasteiger partial charge in [0.1, 0.15) is 0 Å². The summed E-state index contributed by atoms with van der Waals surface area (Å²) in [5, 5.41) is 4.31. The smallest absolute Gasteiger partial charge is 0.169 e. The molecule has 8 nitrogen and oxygen atoms in total. The molecule has 0 bridgehead atoms. The van der Waals surface area contributed by atoms with Crippen LogP contribution in [0.5, 0.6) is 23.0 Å². The third-order valence-corrected chi connectivity index (χ3v) is 10.1. The molecular weight excluding hydrogens is 550 g/mol. The highest BCUT2D eigenvalue weighted by Gasteiger charge is 2.44. The van der Waals surface area contributed by atoms with Crippen molar-refractivity contribution in [3.8, 4) is 23.0 Å². The number of fused-ring (bicyclic) bond motifs is 4. The van der Waals surface area contributed by atoms with Crippen LogP contribution < -0.4 is 24.3 Å². The molecule has 0 saturated carbocycles. The van der Waals surface area contributed by atoms with Crippen LogP contribution in [0.4, 0.5) is 0 Å². The molecule has 5 rings (SSSR count). The molecule has 0 aromatic heterocycles. The van der Waals surface area contributed by atoms with E-state index in [4.69, 9.17) is 35.9 Å². The van der Waals surface area contributed by atoms with Crippen molar-refractivity contribution in [2.45, 2.75) is 51.1 Å². The van der Waals surface area contributed by atoms with E-state index in [9.17, 15) is 0 Å². The molecule has 1 fully saturated rings. The first-order chi connectivity index (χ1) is 20.5. The van der Waals surface area contributed by atoms with Crippen LogP contribution in [0.3, 0.4) is 0 Å². The monoisotopic (exact) mass is 597 g/mol. The normalized spacial score (nSPS) is 23.6. The predicted octanol–water partition coefficient (Wildman–Crippen LogP) is 4.66. The maximum atomic E-state index is 6.08. The largest absolute Gasteiger partial charge is 0.493 e. The minimum atomic E-state index is 0.254. The Morgan fingerprint density at radius 1 is 0.857 bits per heavy atom. The fourth-order valence-corrected chi connectivity index (χ4v) is 7.82. The number of ether oxygens (including phenoxy) is 5. The quantitative estimate of drug-likeness (QED) is 0.329. The van der Waals surface area contributed by atoms with E-state index in [0.29, 0.717) is 31.0 Å². The summed E-state index contributed by atoms with van der Waals surface area (Å²) in [6.07, 6.45) is 5.06. The summed E-state index contributed by atoms with van der Waals surface area (Å²) in [6, 6.07) is 9.36. The molecule has 3 aliphatic heterocycles. The van der Waals surface area contributed by atoms with Crippen LogP contribution in [0.1, 0.15) is 48.1 Å². The SMILES string of the molecule is CCC1CN2CCc3cc(OC)c(OC)cc3C2CC1C1Cc2cc(OC)c(OC)cc2CCN1C(=S)NCCOC. The molecule has 2 aromatic carbocycles. The molecule has 0 aliphatic carbocycles. The van der Waals surface area contributed by atoms with Crippen molar-refractivity contribution in [1.82, 2.24) is 15.1 Å². The van der Waals surface area contributed by atoms with Gasteiger partial charge in [0.2, 0.25) is 0 Å². The zero-order valence-corrected chi connectivity index (χ0v) is 26.9. The Bertz CT molecular complexity index is 1260. The zero-order valence-electron chi connectivity index (χ0n) is 26.0. The van der Waals surface area contributed by atoms with Gasteiger partial charge in [-0.3, -0.25) is 4.90 Å². The highest BCUT2D eigenvalue weighted by Crippen LogP contribution is 2.47. The molecule has 9 heteroatoms. The molecule has 230 valence electrons. The average molecular weight is 598 g/mol. The number of piperidine rings is 1. The van der Waals surface area contributed by atoms with Crippen LogP contribution in [-0.4, -0.2) is 89.3 Å². The van der Waals surface area contributed by atoms with Gasteiger partial charge in [0.15, 0.2) is 28.1 Å². The van der Waals surface area contributed by atoms with Gasteiger partial charge in [-0.1, -0.05) is 13.3 Å². The second kappa shape index (κ2) is 13.7. The Hall–Kier alpha value is -2.75. The number of hydrogen-bond donors (Lipinski definition) is 1. The van der Waals surface area contributed by atoms with E-state index in [-0.39, 0.29) is 6.04 Å². The minimum Gasteiger partial charge on any atom is -0.493 e. The van der Waals surface area contributed by atoms with Gasteiger partial charge in [-0.25, -0.2) is 0 Å². The molecule has 1 N–H and O–H groups in total. The van der Waals surface area contributed by atoms with E-state index in [2.05, 4.69) is 46.3 Å². The minimum absolute atomic E-state index is 0.254. The summed E-state index contributed by atoms with van der Waals surface area (Å²) in [4.78, 5) is 5.18. The number of hydrogen-bond acceptors (Lipinski definition) is 7. The summed E-state index contributed by atoms with van der Waals surface area (Å²) >= 11 is 6.08. The lowest BCUT2D eigenvalue weighted by molar-refractivity contribution is 0.0188. The van der Waals surface area contributed by atoms with E-state index >= 15 is 0 Å². The maximum Gasteiger partial charge on any atom is 0.169 e. The number of benzene rings is 2. The van der Waals surface area contributed by atoms with Crippen molar-refractivity contribution in [3.63, 3.8) is 0 Å². The third-order valence-electron chi connectivity index (χ3n) is 9.70. The van der Waals surface area contributed by atoms with Crippen LogP contribution in [0.15, 0.2) is 24.3 Å². The number of methoxy groups -OCH3 is 5. The molecule has 3 aliphatic rings. The molecule has 1 saturated heterocycles. The summed E-state index contributed by atoms with van der Waals surface area (Å²) in [5.41, 5.74) is 5.39. The number of thiocarbonyl (C=S) groups is 1. The third kappa shape index (κ3) is 6.01. The Balaban J connectivity index is 1.53. The lowest BCUT2D eigenvalue weighted by atomic mass is 9.71. The fourth-order valence-electron chi connectivity index (χ4n) is 7.49. The van der Waals surface area contributed by atoms with Gasteiger partial charge in [0.25, 0.3) is 0 Å². The maximum absolute atomic E-state index is 6.08. The number of nitrogens with zero attached hydrogens (tertiary/aromatic N) is 2. The fraction of sp³-hybridized carbons (Fsp3) is 0.606. The number of rotatable bonds is 9. The van der Waals surface area contributed by atoms with E-state index in [1.165, 1.54) is 22.3 Å². The second-order valence-electron chi connectivity index (χ2n) is 11.7. The van der Waals surface area contributed by atoms with Crippen LogP contribution in [0.2, 0.25) is 0 Å². The molecule has 42 heavy (non-hydrogen) atoms. The number of nitrogens with one attached hydrogen (secondary N) is 1. The standard InChI is InChI=1S/C33H47N3O5S/c1-7-21-20-35-11-8-23-16-30(39-4)32(41-6)19-26(23)27(35)18-25(21)28-14-24-17-31(40-5)29(38-3)15-22(24)9-12-36(28)33(42)34-10-13-37-2/h15-17,19,21,25,27-28H,7-14,18,20H2,1-6H3,(H,34,42). The zero-order chi connectivity index (χ0) is 29.8. The molecule has 0 radical (unpaired) electrons. The van der Waals surface area contributed by atoms with E-state index in [1.807, 2.05) is 0 Å². The molecule has 4 atom stereocenters. The first-order valence-electron chi connectivity index (χ1n) is 15.2. The highest BCUT2D eigenvalue weighted by atomic mass is 32.1. The van der Waals surface area contributed by atoms with Gasteiger partial charge >= 0.3 is 0 Å². The van der Waals surface area contributed by atoms with Gasteiger partial charge in [-0.2, -0.15) is 0 Å². The molecule has 4 unspecified atom stereocenters. The van der Waals surface area contributed by atoms with Gasteiger partial charge in [0, 0.05) is 45.4 Å². The second-order valence-corrected chi connectivity index (χ2v) is 12.0. The first kappa shape index (κ1) is 30.7. The topological polar surface area (TPSA) is 64.7 Å².